The summed E-state index contributed by atoms with van der Waals surface area (Å²) in [5.41, 5.74) is 0. The Morgan fingerprint density at radius 2 is 1.81 bits per heavy atom. The zero-order chi connectivity index (χ0) is 12.5. The number of hydrogen-bond acceptors (Lipinski definition) is 8. The molecular weight excluding hydrogens is 248 g/mol. The van der Waals surface area contributed by atoms with Gasteiger partial charge in [-0.25, -0.2) is 8.98 Å². The molecule has 9 nitrogen and oxygen atoms in total. The van der Waals surface area contributed by atoms with Crippen LogP contribution in [0.4, 0.5) is 0 Å². The van der Waals surface area contributed by atoms with Crippen LogP contribution in [0.25, 0.3) is 0 Å². The highest BCUT2D eigenvalue weighted by molar-refractivity contribution is 7.80. The van der Waals surface area contributed by atoms with Gasteiger partial charge in [0.05, 0.1) is 0 Å². The molecule has 0 bridgehead atoms. The van der Waals surface area contributed by atoms with E-state index < -0.39 is 47.4 Å². The Hall–Kier alpha value is -0.780. The van der Waals surface area contributed by atoms with Gasteiger partial charge in [0.2, 0.25) is 0 Å². The predicted octanol–water partition coefficient (Wildman–Crippen LogP) is -3.19. The van der Waals surface area contributed by atoms with Gasteiger partial charge in [0.1, 0.15) is 18.8 Å². The van der Waals surface area contributed by atoms with Gasteiger partial charge in [0, 0.05) is 0 Å². The molecule has 0 aliphatic carbocycles. The van der Waals surface area contributed by atoms with Gasteiger partial charge in [0.15, 0.2) is 12.2 Å². The number of rotatable bonds is 3. The summed E-state index contributed by atoms with van der Waals surface area (Å²) >= 11 is 0. The average Bonchev–Trinajstić information content (AvgIpc) is 2.17. The highest BCUT2D eigenvalue weighted by Gasteiger charge is 2.44. The first-order chi connectivity index (χ1) is 7.22. The lowest BCUT2D eigenvalue weighted by Gasteiger charge is -2.33. The second kappa shape index (κ2) is 4.61. The number of aliphatic hydroxyl groups excluding tert-OH is 3. The monoisotopic (exact) mass is 258 g/mol. The first-order valence-electron chi connectivity index (χ1n) is 4.09. The molecular formula is C6H10O9S. The van der Waals surface area contributed by atoms with Gasteiger partial charge in [0.25, 0.3) is 0 Å². The second-order valence-corrected chi connectivity index (χ2v) is 4.20. The first kappa shape index (κ1) is 13.3. The molecule has 1 heterocycles. The maximum Gasteiger partial charge on any atom is 0.397 e. The first-order valence-corrected chi connectivity index (χ1v) is 5.45. The van der Waals surface area contributed by atoms with Crippen LogP contribution in [0.1, 0.15) is 0 Å². The van der Waals surface area contributed by atoms with Crippen LogP contribution in [0.3, 0.4) is 0 Å². The van der Waals surface area contributed by atoms with E-state index in [0.29, 0.717) is 0 Å². The number of cyclic esters (lactones) is 1. The lowest BCUT2D eigenvalue weighted by molar-refractivity contribution is -0.205. The lowest BCUT2D eigenvalue weighted by Crippen LogP contribution is -2.56. The predicted molar refractivity (Wildman–Crippen MR) is 45.4 cm³/mol. The van der Waals surface area contributed by atoms with Gasteiger partial charge in [-0.2, -0.15) is 8.42 Å². The molecule has 4 atom stereocenters. The molecule has 1 aliphatic rings. The quantitative estimate of drug-likeness (QED) is 0.303. The van der Waals surface area contributed by atoms with Gasteiger partial charge in [-0.05, 0) is 0 Å². The Morgan fingerprint density at radius 3 is 2.31 bits per heavy atom. The summed E-state index contributed by atoms with van der Waals surface area (Å²) in [6.45, 7) is -0.866. The Morgan fingerprint density at radius 1 is 1.25 bits per heavy atom. The highest BCUT2D eigenvalue weighted by Crippen LogP contribution is 2.17. The fraction of sp³-hybridized carbons (Fsp3) is 0.833. The van der Waals surface area contributed by atoms with Crippen LogP contribution in [-0.4, -0.2) is 65.3 Å². The molecule has 10 heteroatoms. The molecule has 94 valence electrons. The zero-order valence-electron chi connectivity index (χ0n) is 7.75. The van der Waals surface area contributed by atoms with Crippen molar-refractivity contribution in [2.75, 3.05) is 6.61 Å². The summed E-state index contributed by atoms with van der Waals surface area (Å²) in [5.74, 6) is -1.22. The molecule has 0 amide bonds. The minimum absolute atomic E-state index is 0.866. The van der Waals surface area contributed by atoms with E-state index >= 15 is 0 Å². The van der Waals surface area contributed by atoms with Crippen molar-refractivity contribution in [3.8, 4) is 0 Å². The molecule has 4 N–H and O–H groups in total. The topological polar surface area (TPSA) is 151 Å². The summed E-state index contributed by atoms with van der Waals surface area (Å²) in [7, 11) is -4.74. The number of carbonyl (C=O) groups excluding carboxylic acids is 1. The summed E-state index contributed by atoms with van der Waals surface area (Å²) in [4.78, 5) is 10.9. The third-order valence-corrected chi connectivity index (χ3v) is 2.38. The van der Waals surface area contributed by atoms with E-state index in [1.807, 2.05) is 0 Å². The normalized spacial score (nSPS) is 35.9. The van der Waals surface area contributed by atoms with E-state index in [4.69, 9.17) is 14.8 Å². The van der Waals surface area contributed by atoms with Crippen molar-refractivity contribution in [3.05, 3.63) is 0 Å². The SMILES string of the molecule is O=C1O[C@H](COS(=O)(=O)O)[C@@H](O)[C@H](O)[C@H]1O. The Labute approximate surface area is 90.2 Å². The van der Waals surface area contributed by atoms with E-state index in [1.165, 1.54) is 0 Å². The summed E-state index contributed by atoms with van der Waals surface area (Å²) in [6, 6.07) is 0. The van der Waals surface area contributed by atoms with Crippen molar-refractivity contribution < 1.29 is 42.0 Å². The van der Waals surface area contributed by atoms with Crippen molar-refractivity contribution in [2.45, 2.75) is 24.4 Å². The minimum Gasteiger partial charge on any atom is -0.455 e. The Kier molecular flexibility index (Phi) is 3.83. The van der Waals surface area contributed by atoms with E-state index in [1.54, 1.807) is 0 Å². The van der Waals surface area contributed by atoms with Crippen LogP contribution in [0.2, 0.25) is 0 Å². The zero-order valence-corrected chi connectivity index (χ0v) is 8.57. The van der Waals surface area contributed by atoms with Crippen molar-refractivity contribution in [2.24, 2.45) is 0 Å². The van der Waals surface area contributed by atoms with Gasteiger partial charge in [-0.1, -0.05) is 0 Å². The van der Waals surface area contributed by atoms with Crippen LogP contribution < -0.4 is 0 Å². The fourth-order valence-corrected chi connectivity index (χ4v) is 1.43. The molecule has 0 radical (unpaired) electrons. The largest absolute Gasteiger partial charge is 0.455 e. The fourth-order valence-electron chi connectivity index (χ4n) is 1.12. The summed E-state index contributed by atoms with van der Waals surface area (Å²) < 4.78 is 36.9. The number of hydrogen-bond donors (Lipinski definition) is 4. The number of carbonyl (C=O) groups is 1. The lowest BCUT2D eigenvalue weighted by atomic mass is 10.0. The highest BCUT2D eigenvalue weighted by atomic mass is 32.3. The van der Waals surface area contributed by atoms with Crippen molar-refractivity contribution in [1.29, 1.82) is 0 Å². The number of esters is 1. The Balaban J connectivity index is 2.64. The number of aliphatic hydroxyl groups is 3. The second-order valence-electron chi connectivity index (χ2n) is 3.11. The maximum absolute atomic E-state index is 10.9. The van der Waals surface area contributed by atoms with E-state index in [2.05, 4.69) is 8.92 Å². The van der Waals surface area contributed by atoms with Gasteiger partial charge in [-0.3, -0.25) is 4.55 Å². The van der Waals surface area contributed by atoms with Crippen LogP contribution in [0.5, 0.6) is 0 Å². The van der Waals surface area contributed by atoms with E-state index in [0.717, 1.165) is 0 Å². The third kappa shape index (κ3) is 3.10. The van der Waals surface area contributed by atoms with E-state index in [9.17, 15) is 18.3 Å². The molecule has 0 aromatic heterocycles. The molecule has 0 aromatic rings. The van der Waals surface area contributed by atoms with Gasteiger partial charge < -0.3 is 20.1 Å². The summed E-state index contributed by atoms with van der Waals surface area (Å²) in [5, 5.41) is 27.4. The van der Waals surface area contributed by atoms with Crippen molar-refractivity contribution in [1.82, 2.24) is 0 Å². The van der Waals surface area contributed by atoms with Crippen molar-refractivity contribution >= 4 is 16.4 Å². The molecule has 0 saturated carbocycles. The van der Waals surface area contributed by atoms with Crippen LogP contribution >= 0.6 is 0 Å². The maximum atomic E-state index is 10.9. The third-order valence-electron chi connectivity index (χ3n) is 1.94. The van der Waals surface area contributed by atoms with Crippen molar-refractivity contribution in [3.63, 3.8) is 0 Å². The van der Waals surface area contributed by atoms with Crippen LogP contribution in [0, 0.1) is 0 Å². The molecule has 0 spiro atoms. The van der Waals surface area contributed by atoms with Crippen LogP contribution in [-0.2, 0) is 24.1 Å². The van der Waals surface area contributed by atoms with E-state index in [-0.39, 0.29) is 0 Å². The van der Waals surface area contributed by atoms with Gasteiger partial charge in [-0.15, -0.1) is 0 Å². The minimum atomic E-state index is -4.74. The standard InChI is InChI=1S/C6H10O9S/c7-3-2(1-14-16(11,12)13)15-6(10)5(9)4(3)8/h2-5,7-9H,1H2,(H,11,12,13)/t2-,3-,4+,5-/m1/s1. The molecule has 1 aliphatic heterocycles. The molecule has 1 rings (SSSR count). The Bertz CT molecular complexity index is 362. The number of ether oxygens (including phenoxy) is 1. The molecule has 16 heavy (non-hydrogen) atoms. The van der Waals surface area contributed by atoms with Gasteiger partial charge >= 0.3 is 16.4 Å². The molecule has 1 saturated heterocycles. The van der Waals surface area contributed by atoms with Crippen LogP contribution in [0.15, 0.2) is 0 Å². The smallest absolute Gasteiger partial charge is 0.397 e. The molecule has 1 fully saturated rings. The molecule has 0 aromatic carbocycles. The molecule has 0 unspecified atom stereocenters. The average molecular weight is 258 g/mol. The summed E-state index contributed by atoms with van der Waals surface area (Å²) in [6.07, 6.45) is -6.92.